The Hall–Kier alpha value is -4.39. The number of ketones is 1. The average molecular weight is 1490 g/mol. The fourth-order valence-corrected chi connectivity index (χ4v) is 18.1. The van der Waals surface area contributed by atoms with Crippen LogP contribution in [0.4, 0.5) is 0 Å². The topological polar surface area (TPSA) is 90.9 Å². The van der Waals surface area contributed by atoms with Gasteiger partial charge in [-0.1, -0.05) is 289 Å². The predicted molar refractivity (Wildman–Crippen MR) is 398 cm³/mol. The van der Waals surface area contributed by atoms with Crippen molar-refractivity contribution in [1.29, 1.82) is 0 Å². The molecule has 4 unspecified atom stereocenters. The van der Waals surface area contributed by atoms with Crippen LogP contribution in [0.1, 0.15) is 369 Å². The number of hydrogen-bond acceptors (Lipinski definition) is 9. The summed E-state index contributed by atoms with van der Waals surface area (Å²) < 4.78 is 58.6. The normalized spacial score (nSPS) is 17.1. The van der Waals surface area contributed by atoms with E-state index in [0.29, 0.717) is 34.1 Å². The third-order valence-corrected chi connectivity index (χ3v) is 23.4. The van der Waals surface area contributed by atoms with E-state index in [2.05, 4.69) is 99.8 Å². The zero-order valence-corrected chi connectivity index (χ0v) is 63.2. The molecule has 10 rings (SSSR count). The molecule has 12 heteroatoms. The Kier molecular flexibility index (Phi) is 30.0. The van der Waals surface area contributed by atoms with E-state index in [1.165, 1.54) is 180 Å². The van der Waals surface area contributed by atoms with E-state index in [9.17, 15) is 0 Å². The van der Waals surface area contributed by atoms with Crippen molar-refractivity contribution < 1.29 is 42.7 Å². The fraction of sp³-hybridized carbons (Fsp3) is 0.627. The van der Waals surface area contributed by atoms with Gasteiger partial charge < -0.3 is 37.9 Å². The fourth-order valence-electron chi connectivity index (χ4n) is 16.0. The summed E-state index contributed by atoms with van der Waals surface area (Å²) in [7, 11) is 0. The second-order valence-corrected chi connectivity index (χ2v) is 30.5. The first-order valence-corrected chi connectivity index (χ1v) is 40.6. The molecule has 8 bridgehead atoms. The summed E-state index contributed by atoms with van der Waals surface area (Å²) >= 11 is 12.8. The molecule has 0 saturated heterocycles. The maximum atomic E-state index is 16.1. The van der Waals surface area contributed by atoms with Gasteiger partial charge >= 0.3 is 0 Å². The van der Waals surface area contributed by atoms with Crippen LogP contribution in [0, 0.1) is 0 Å². The molecule has 1 aliphatic carbocycles. The van der Waals surface area contributed by atoms with Gasteiger partial charge in [0.2, 0.25) is 33.0 Å². The van der Waals surface area contributed by atoms with Crippen LogP contribution in [-0.2, 0) is 0 Å². The van der Waals surface area contributed by atoms with Crippen molar-refractivity contribution in [2.75, 3.05) is 27.2 Å². The van der Waals surface area contributed by atoms with Gasteiger partial charge in [-0.15, -0.1) is 0 Å². The molecule has 5 aliphatic rings. The molecule has 5 aromatic carbocycles. The van der Waals surface area contributed by atoms with Crippen molar-refractivity contribution in [2.45, 2.75) is 308 Å². The zero-order chi connectivity index (χ0) is 66.1. The molecule has 9 nitrogen and oxygen atoms in total. The lowest BCUT2D eigenvalue weighted by Crippen LogP contribution is -2.25. The first-order valence-electron chi connectivity index (χ1n) is 38.2. The number of benzene rings is 5. The first kappa shape index (κ1) is 73.3. The Morgan fingerprint density at radius 2 is 0.495 bits per heavy atom. The Bertz CT molecular complexity index is 3040. The lowest BCUT2D eigenvalue weighted by atomic mass is 9.75. The lowest BCUT2D eigenvalue weighted by Gasteiger charge is -2.36. The number of hydrogen-bond donors (Lipinski definition) is 0. The van der Waals surface area contributed by atoms with E-state index in [0.717, 1.165) is 158 Å². The molecule has 0 fully saturated rings. The van der Waals surface area contributed by atoms with E-state index >= 15 is 4.79 Å². The Morgan fingerprint density at radius 1 is 0.295 bits per heavy atom. The van der Waals surface area contributed by atoms with Gasteiger partial charge in [0.1, 0.15) is 65.0 Å². The molecule has 0 N–H and O–H groups in total. The molecule has 0 spiro atoms. The maximum Gasteiger partial charge on any atom is 0.231 e. The van der Waals surface area contributed by atoms with Crippen LogP contribution in [0.25, 0.3) is 0 Å². The van der Waals surface area contributed by atoms with E-state index < -0.39 is 0 Å². The summed E-state index contributed by atoms with van der Waals surface area (Å²) in [6, 6.07) is 19.5. The largest absolute Gasteiger partial charge is 0.456 e. The standard InChI is InChI=1S/C83H113Br3O9/c1-5-9-13-17-21-25-29-33-40-46-59-63-50-64-60(47-41-34-30-26-22-18-14-10-6-2)66-52-68-62(49-43-36-32-28-24-20-16-12-8-4)70-53-69-61(48-42-35-31-27-23-19-15-11-7-3)67-51-65(59)78-72(84)80(67)92-56-94-82(69)74(86)83(70)95-57-93-81(68)73(85)79(66)91-55-89-77(64)71(76(63)88-54-90-78)75(87)58-44-38-37-39-45-58/h37-39,44-45,50-53,59-62H,5-36,40-43,46-49,54-57H2,1-4H3. The van der Waals surface area contributed by atoms with E-state index in [-0.39, 0.29) is 56.6 Å². The third kappa shape index (κ3) is 18.7. The van der Waals surface area contributed by atoms with Crippen LogP contribution >= 0.6 is 47.8 Å². The van der Waals surface area contributed by atoms with Crippen LogP contribution in [0.15, 0.2) is 68.0 Å². The van der Waals surface area contributed by atoms with E-state index in [1.807, 2.05) is 30.3 Å². The van der Waals surface area contributed by atoms with Gasteiger partial charge in [-0.2, -0.15) is 0 Å². The van der Waals surface area contributed by atoms with Crippen molar-refractivity contribution in [1.82, 2.24) is 0 Å². The highest BCUT2D eigenvalue weighted by Gasteiger charge is 2.42. The number of ether oxygens (including phenoxy) is 8. The minimum absolute atomic E-state index is 0.0293. The summed E-state index contributed by atoms with van der Waals surface area (Å²) in [5, 5.41) is 0. The SMILES string of the molecule is CCCCCCCCCCCC1c2cc3c4c(Br)c2OCOc2c1cc1c(c2Br)OCOc2c(cc5c(c2C(=O)c2ccccc2)OCOc2c(cc(c(c2Br)OCO4)C3CCCCCCCCCCC)C5CCCCCCCCCCC)C1CCCCCCCCCCC. The number of carbonyl (C=O) groups excluding carboxylic acids is 1. The van der Waals surface area contributed by atoms with Gasteiger partial charge in [0.25, 0.3) is 0 Å². The van der Waals surface area contributed by atoms with Gasteiger partial charge in [0.15, 0.2) is 0 Å². The van der Waals surface area contributed by atoms with E-state index in [4.69, 9.17) is 37.9 Å². The average Bonchev–Trinajstić information content (AvgIpc) is 0.728. The smallest absolute Gasteiger partial charge is 0.231 e. The van der Waals surface area contributed by atoms with Crippen molar-refractivity contribution >= 4 is 53.6 Å². The minimum atomic E-state index is -0.251. The molecule has 0 saturated carbocycles. The van der Waals surface area contributed by atoms with Crippen molar-refractivity contribution in [3.05, 3.63) is 124 Å². The summed E-state index contributed by atoms with van der Waals surface area (Å²) in [6.07, 6.45) is 47.3. The maximum absolute atomic E-state index is 16.1. The molecule has 0 amide bonds. The van der Waals surface area contributed by atoms with Crippen molar-refractivity contribution in [3.8, 4) is 46.0 Å². The monoisotopic (exact) mass is 1490 g/mol. The summed E-state index contributed by atoms with van der Waals surface area (Å²) in [4.78, 5) is 16.1. The number of rotatable bonds is 42. The Labute approximate surface area is 597 Å². The molecule has 4 aliphatic heterocycles. The highest BCUT2D eigenvalue weighted by molar-refractivity contribution is 9.11. The van der Waals surface area contributed by atoms with Gasteiger partial charge in [0.05, 0.1) is 0 Å². The molecular weight excluding hydrogens is 1380 g/mol. The summed E-state index contributed by atoms with van der Waals surface area (Å²) in [5.74, 6) is 4.48. The molecule has 0 radical (unpaired) electrons. The number of halogens is 3. The van der Waals surface area contributed by atoms with Gasteiger partial charge in [0, 0.05) is 73.7 Å². The van der Waals surface area contributed by atoms with Crippen molar-refractivity contribution in [2.24, 2.45) is 0 Å². The third-order valence-electron chi connectivity index (χ3n) is 21.3. The predicted octanol–water partition coefficient (Wildman–Crippen LogP) is 26.6. The molecule has 4 heterocycles. The Balaban J connectivity index is 1.21. The van der Waals surface area contributed by atoms with Crippen LogP contribution in [0.3, 0.4) is 0 Å². The molecule has 4 atom stereocenters. The number of carbonyl (C=O) groups is 1. The lowest BCUT2D eigenvalue weighted by molar-refractivity contribution is 0.0914. The quantitative estimate of drug-likeness (QED) is 0.0280. The zero-order valence-electron chi connectivity index (χ0n) is 58.4. The van der Waals surface area contributed by atoms with Crippen LogP contribution in [0.2, 0.25) is 0 Å². The van der Waals surface area contributed by atoms with Crippen LogP contribution in [0.5, 0.6) is 46.0 Å². The van der Waals surface area contributed by atoms with Crippen molar-refractivity contribution in [3.63, 3.8) is 0 Å². The van der Waals surface area contributed by atoms with Gasteiger partial charge in [-0.3, -0.25) is 4.79 Å². The minimum Gasteiger partial charge on any atom is -0.456 e. The first-order chi connectivity index (χ1) is 46.8. The highest BCUT2D eigenvalue weighted by Crippen LogP contribution is 2.60. The summed E-state index contributed by atoms with van der Waals surface area (Å²) in [5.41, 5.74) is 9.60. The Morgan fingerprint density at radius 3 is 0.726 bits per heavy atom. The highest BCUT2D eigenvalue weighted by atomic mass is 79.9. The second-order valence-electron chi connectivity index (χ2n) is 28.2. The molecule has 5 aromatic rings. The van der Waals surface area contributed by atoms with E-state index in [1.54, 1.807) is 0 Å². The van der Waals surface area contributed by atoms with Gasteiger partial charge in [-0.25, -0.2) is 0 Å². The molecule has 0 aromatic heterocycles. The summed E-state index contributed by atoms with van der Waals surface area (Å²) in [6.45, 7) is 8.84. The number of unbranched alkanes of at least 4 members (excludes halogenated alkanes) is 32. The molecular formula is C83H113Br3O9. The molecule has 520 valence electrons. The second kappa shape index (κ2) is 38.8. The van der Waals surface area contributed by atoms with Gasteiger partial charge in [-0.05, 0) is 97.7 Å². The van der Waals surface area contributed by atoms with Crippen LogP contribution < -0.4 is 37.9 Å². The molecule has 95 heavy (non-hydrogen) atoms. The van der Waals surface area contributed by atoms with Crippen LogP contribution in [-0.4, -0.2) is 33.0 Å².